The minimum Gasteiger partial charge on any atom is -0.142 e. The lowest BCUT2D eigenvalue weighted by molar-refractivity contribution is 1.46. The van der Waals surface area contributed by atoms with Crippen LogP contribution < -0.4 is 0 Å². The summed E-state index contributed by atoms with van der Waals surface area (Å²) in [6.07, 6.45) is 0. The maximum absolute atomic E-state index is 2.35. The average Bonchev–Trinajstić information content (AvgIpc) is 3.55. The van der Waals surface area contributed by atoms with E-state index in [0.29, 0.717) is 0 Å². The molecule has 2 heterocycles. The molecule has 0 atom stereocenters. The first-order chi connectivity index (χ1) is 18.5. The lowest BCUT2D eigenvalue weighted by atomic mass is 9.92. The largest absolute Gasteiger partial charge is 0.142 e. The van der Waals surface area contributed by atoms with Gasteiger partial charge >= 0.3 is 0 Å². The zero-order valence-electron chi connectivity index (χ0n) is 22.2. The summed E-state index contributed by atoms with van der Waals surface area (Å²) in [6.45, 7) is 8.61. The molecule has 4 aromatic carbocycles. The molecule has 0 amide bonds. The van der Waals surface area contributed by atoms with Crippen molar-refractivity contribution in [1.82, 2.24) is 0 Å². The summed E-state index contributed by atoms with van der Waals surface area (Å²) in [5.74, 6) is 0. The molecule has 2 heteroatoms. The molecule has 2 aromatic heterocycles. The van der Waals surface area contributed by atoms with E-state index in [0.717, 1.165) is 0 Å². The van der Waals surface area contributed by atoms with Crippen LogP contribution in [0.3, 0.4) is 0 Å². The molecule has 0 spiro atoms. The van der Waals surface area contributed by atoms with Crippen molar-refractivity contribution in [2.24, 2.45) is 0 Å². The van der Waals surface area contributed by atoms with Gasteiger partial charge in [-0.1, -0.05) is 119 Å². The second kappa shape index (κ2) is 10.2. The van der Waals surface area contributed by atoms with Crippen molar-refractivity contribution in [2.75, 3.05) is 0 Å². The Morgan fingerprint density at radius 2 is 0.605 bits per heavy atom. The molecule has 186 valence electrons. The highest BCUT2D eigenvalue weighted by Crippen LogP contribution is 2.52. The number of rotatable bonds is 5. The van der Waals surface area contributed by atoms with E-state index < -0.39 is 0 Å². The molecule has 6 aromatic rings. The molecule has 0 fully saturated rings. The van der Waals surface area contributed by atoms with Crippen molar-refractivity contribution >= 4 is 22.7 Å². The molecule has 0 bridgehead atoms. The molecule has 0 N–H and O–H groups in total. The topological polar surface area (TPSA) is 0 Å². The van der Waals surface area contributed by atoms with Gasteiger partial charge in [0.1, 0.15) is 0 Å². The number of benzene rings is 4. The second-order valence-electron chi connectivity index (χ2n) is 10.2. The van der Waals surface area contributed by atoms with Crippen LogP contribution in [0.2, 0.25) is 0 Å². The fourth-order valence-corrected chi connectivity index (χ4v) is 7.33. The van der Waals surface area contributed by atoms with Crippen LogP contribution in [-0.2, 0) is 0 Å². The van der Waals surface area contributed by atoms with Crippen LogP contribution in [0, 0.1) is 27.7 Å². The van der Waals surface area contributed by atoms with Crippen LogP contribution in [0.25, 0.3) is 54.3 Å². The minimum atomic E-state index is 1.26. The Bertz CT molecular complexity index is 1560. The Balaban J connectivity index is 1.62. The molecule has 0 aliphatic rings. The fraction of sp³-hybridized carbons (Fsp3) is 0.111. The van der Waals surface area contributed by atoms with Gasteiger partial charge in [-0.25, -0.2) is 0 Å². The van der Waals surface area contributed by atoms with Gasteiger partial charge in [-0.15, -0.1) is 22.7 Å². The van der Waals surface area contributed by atoms with Crippen LogP contribution in [-0.4, -0.2) is 0 Å². The standard InChI is InChI=1S/C36H30S2/c1-23-5-13-27(14-6-23)31-21-37-35(33(31)29-17-9-25(3)10-18-29)36-34(30-19-11-26(4)12-20-30)32(22-38-36)28-15-7-24(2)8-16-28/h5-22H,1-4H3. The average molecular weight is 527 g/mol. The Morgan fingerprint density at radius 1 is 0.342 bits per heavy atom. The fourth-order valence-electron chi connectivity index (χ4n) is 4.95. The molecule has 0 aliphatic heterocycles. The van der Waals surface area contributed by atoms with Gasteiger partial charge in [-0.2, -0.15) is 0 Å². The summed E-state index contributed by atoms with van der Waals surface area (Å²) in [5, 5.41) is 4.69. The summed E-state index contributed by atoms with van der Waals surface area (Å²) in [6, 6.07) is 35.9. The smallest absolute Gasteiger partial charge is 0.0533 e. The summed E-state index contributed by atoms with van der Waals surface area (Å²) >= 11 is 3.72. The Morgan fingerprint density at radius 3 is 0.895 bits per heavy atom. The molecule has 0 radical (unpaired) electrons. The highest BCUT2D eigenvalue weighted by atomic mass is 32.1. The summed E-state index contributed by atoms with van der Waals surface area (Å²) in [7, 11) is 0. The summed E-state index contributed by atoms with van der Waals surface area (Å²) < 4.78 is 0. The number of hydrogen-bond acceptors (Lipinski definition) is 2. The van der Waals surface area contributed by atoms with E-state index in [9.17, 15) is 0 Å². The van der Waals surface area contributed by atoms with Gasteiger partial charge in [0.15, 0.2) is 0 Å². The maximum Gasteiger partial charge on any atom is 0.0533 e. The van der Waals surface area contributed by atoms with Gasteiger partial charge in [-0.05, 0) is 60.7 Å². The minimum absolute atomic E-state index is 1.26. The molecule has 38 heavy (non-hydrogen) atoms. The first kappa shape index (κ1) is 24.6. The third-order valence-electron chi connectivity index (χ3n) is 7.19. The molecule has 6 rings (SSSR count). The van der Waals surface area contributed by atoms with Gasteiger partial charge in [0, 0.05) is 22.3 Å². The predicted molar refractivity (Wildman–Crippen MR) is 168 cm³/mol. The van der Waals surface area contributed by atoms with Crippen LogP contribution in [0.15, 0.2) is 108 Å². The van der Waals surface area contributed by atoms with E-state index in [1.165, 1.54) is 76.5 Å². The van der Waals surface area contributed by atoms with Crippen molar-refractivity contribution in [3.8, 4) is 54.3 Å². The van der Waals surface area contributed by atoms with Crippen molar-refractivity contribution < 1.29 is 0 Å². The molecule has 0 saturated carbocycles. The van der Waals surface area contributed by atoms with Gasteiger partial charge in [0.2, 0.25) is 0 Å². The normalized spacial score (nSPS) is 11.2. The number of aryl methyl sites for hydroxylation is 4. The third-order valence-corrected chi connectivity index (χ3v) is 9.32. The molecular weight excluding hydrogens is 497 g/mol. The lowest BCUT2D eigenvalue weighted by Crippen LogP contribution is -1.87. The van der Waals surface area contributed by atoms with Gasteiger partial charge in [-0.3, -0.25) is 0 Å². The van der Waals surface area contributed by atoms with Gasteiger partial charge < -0.3 is 0 Å². The first-order valence-corrected chi connectivity index (χ1v) is 14.8. The zero-order chi connectivity index (χ0) is 26.2. The van der Waals surface area contributed by atoms with Crippen LogP contribution in [0.4, 0.5) is 0 Å². The van der Waals surface area contributed by atoms with E-state index in [2.05, 4.69) is 136 Å². The number of thiophene rings is 2. The summed E-state index contributed by atoms with van der Waals surface area (Å²) in [4.78, 5) is 2.67. The van der Waals surface area contributed by atoms with Crippen molar-refractivity contribution in [2.45, 2.75) is 27.7 Å². The lowest BCUT2D eigenvalue weighted by Gasteiger charge is -2.12. The van der Waals surface area contributed by atoms with Crippen molar-refractivity contribution in [3.05, 3.63) is 130 Å². The number of hydrogen-bond donors (Lipinski definition) is 0. The Kier molecular flexibility index (Phi) is 6.61. The van der Waals surface area contributed by atoms with Crippen LogP contribution in [0.5, 0.6) is 0 Å². The SMILES string of the molecule is Cc1ccc(-c2csc(-c3scc(-c4ccc(C)cc4)c3-c3ccc(C)cc3)c2-c2ccc(C)cc2)cc1. The maximum atomic E-state index is 2.35. The zero-order valence-corrected chi connectivity index (χ0v) is 23.8. The first-order valence-electron chi connectivity index (χ1n) is 13.0. The van der Waals surface area contributed by atoms with E-state index in [4.69, 9.17) is 0 Å². The molecule has 0 nitrogen and oxygen atoms in total. The predicted octanol–water partition coefficient (Wildman–Crippen LogP) is 11.4. The van der Waals surface area contributed by atoms with E-state index in [1.807, 2.05) is 22.7 Å². The summed E-state index contributed by atoms with van der Waals surface area (Å²) in [5.41, 5.74) is 15.4. The van der Waals surface area contributed by atoms with Crippen LogP contribution in [0.1, 0.15) is 22.3 Å². The van der Waals surface area contributed by atoms with E-state index in [-0.39, 0.29) is 0 Å². The van der Waals surface area contributed by atoms with Crippen molar-refractivity contribution in [3.63, 3.8) is 0 Å². The second-order valence-corrected chi connectivity index (χ2v) is 11.9. The quantitative estimate of drug-likeness (QED) is 0.209. The van der Waals surface area contributed by atoms with E-state index >= 15 is 0 Å². The van der Waals surface area contributed by atoms with Gasteiger partial charge in [0.05, 0.1) is 9.75 Å². The van der Waals surface area contributed by atoms with Crippen LogP contribution >= 0.6 is 22.7 Å². The van der Waals surface area contributed by atoms with Gasteiger partial charge in [0.25, 0.3) is 0 Å². The van der Waals surface area contributed by atoms with Crippen molar-refractivity contribution in [1.29, 1.82) is 0 Å². The monoisotopic (exact) mass is 526 g/mol. The molecule has 0 saturated heterocycles. The third kappa shape index (κ3) is 4.67. The Labute approximate surface area is 233 Å². The van der Waals surface area contributed by atoms with E-state index in [1.54, 1.807) is 0 Å². The molecule has 0 aliphatic carbocycles. The highest BCUT2D eigenvalue weighted by Gasteiger charge is 2.23. The highest BCUT2D eigenvalue weighted by molar-refractivity contribution is 7.21. The molecule has 0 unspecified atom stereocenters. The molecular formula is C36H30S2. The Hall–Kier alpha value is -3.72.